The number of carbonyl (C=O) groups is 1. The molecule has 2 nitrogen and oxygen atoms in total. The van der Waals surface area contributed by atoms with E-state index in [1.807, 2.05) is 13.1 Å². The highest BCUT2D eigenvalue weighted by Gasteiger charge is 2.02. The fourth-order valence-corrected chi connectivity index (χ4v) is 1.74. The van der Waals surface area contributed by atoms with Crippen LogP contribution in [0.4, 0.5) is 0 Å². The van der Waals surface area contributed by atoms with Crippen LogP contribution in [0.5, 0.6) is 0 Å². The molecule has 0 aliphatic rings. The molecule has 0 aliphatic carbocycles. The summed E-state index contributed by atoms with van der Waals surface area (Å²) in [7, 11) is 2.04. The Labute approximate surface area is 83.2 Å². The molecule has 0 unspecified atom stereocenters. The van der Waals surface area contributed by atoms with E-state index in [2.05, 4.69) is 29.7 Å². The van der Waals surface area contributed by atoms with Gasteiger partial charge in [-0.25, -0.2) is 0 Å². The van der Waals surface area contributed by atoms with E-state index >= 15 is 0 Å². The number of nitrogens with zero attached hydrogens (tertiary/aromatic N) is 1. The molecule has 0 radical (unpaired) electrons. The Morgan fingerprint density at radius 1 is 1.36 bits per heavy atom. The lowest BCUT2D eigenvalue weighted by Gasteiger charge is -2.00. The van der Waals surface area contributed by atoms with Crippen molar-refractivity contribution in [3.63, 3.8) is 0 Å². The van der Waals surface area contributed by atoms with Crippen molar-refractivity contribution >= 4 is 17.2 Å². The minimum absolute atomic E-state index is 0.500. The van der Waals surface area contributed by atoms with Gasteiger partial charge in [-0.1, -0.05) is 12.1 Å². The second-order valence-electron chi connectivity index (χ2n) is 3.61. The normalized spacial score (nSPS) is 10.7. The van der Waals surface area contributed by atoms with Crippen molar-refractivity contribution in [2.75, 3.05) is 0 Å². The summed E-state index contributed by atoms with van der Waals surface area (Å²) >= 11 is 0. The van der Waals surface area contributed by atoms with E-state index in [1.54, 1.807) is 0 Å². The molecule has 0 fully saturated rings. The molecular formula is C12H13NO. The first-order valence-electron chi connectivity index (χ1n) is 4.71. The summed E-state index contributed by atoms with van der Waals surface area (Å²) in [6, 6.07) is 8.31. The molecule has 1 heterocycles. The Balaban J connectivity index is 2.63. The molecule has 2 heteroatoms. The van der Waals surface area contributed by atoms with Gasteiger partial charge in [0.15, 0.2) is 0 Å². The van der Waals surface area contributed by atoms with Crippen LogP contribution in [0, 0.1) is 6.92 Å². The molecule has 72 valence electrons. The van der Waals surface area contributed by atoms with Crippen molar-refractivity contribution in [1.82, 2.24) is 4.57 Å². The minimum Gasteiger partial charge on any atom is -0.348 e. The highest BCUT2D eigenvalue weighted by atomic mass is 16.1. The van der Waals surface area contributed by atoms with Crippen molar-refractivity contribution in [2.45, 2.75) is 13.3 Å². The first-order chi connectivity index (χ1) is 6.72. The number of hydrogen-bond donors (Lipinski definition) is 0. The molecule has 1 aromatic heterocycles. The summed E-state index contributed by atoms with van der Waals surface area (Å²) in [4.78, 5) is 10.4. The van der Waals surface area contributed by atoms with Gasteiger partial charge in [-0.05, 0) is 30.0 Å². The maximum Gasteiger partial charge on any atom is 0.124 e. The highest BCUT2D eigenvalue weighted by molar-refractivity contribution is 5.82. The van der Waals surface area contributed by atoms with Crippen molar-refractivity contribution in [2.24, 2.45) is 7.05 Å². The van der Waals surface area contributed by atoms with Crippen LogP contribution in [0.15, 0.2) is 24.3 Å². The van der Waals surface area contributed by atoms with Crippen molar-refractivity contribution in [3.8, 4) is 0 Å². The number of hydrogen-bond acceptors (Lipinski definition) is 1. The van der Waals surface area contributed by atoms with Gasteiger partial charge in [0, 0.05) is 24.7 Å². The largest absolute Gasteiger partial charge is 0.348 e. The number of aromatic nitrogens is 1. The van der Waals surface area contributed by atoms with E-state index in [-0.39, 0.29) is 0 Å². The van der Waals surface area contributed by atoms with Gasteiger partial charge < -0.3 is 9.36 Å². The van der Waals surface area contributed by atoms with E-state index in [9.17, 15) is 4.79 Å². The summed E-state index contributed by atoms with van der Waals surface area (Å²) in [5, 5.41) is 1.24. The molecular weight excluding hydrogens is 174 g/mol. The average molecular weight is 187 g/mol. The Hall–Kier alpha value is -1.57. The van der Waals surface area contributed by atoms with Crippen LogP contribution in [0.1, 0.15) is 11.3 Å². The van der Waals surface area contributed by atoms with Gasteiger partial charge in [-0.3, -0.25) is 0 Å². The van der Waals surface area contributed by atoms with Crippen LogP contribution < -0.4 is 0 Å². The second kappa shape index (κ2) is 3.29. The number of benzene rings is 1. The van der Waals surface area contributed by atoms with Crippen LogP contribution in [0.25, 0.3) is 10.9 Å². The number of aryl methyl sites for hydroxylation is 2. The number of carbonyl (C=O) groups excluding carboxylic acids is 1. The lowest BCUT2D eigenvalue weighted by molar-refractivity contribution is -0.107. The zero-order chi connectivity index (χ0) is 10.1. The molecule has 2 rings (SSSR count). The maximum absolute atomic E-state index is 10.4. The van der Waals surface area contributed by atoms with Crippen LogP contribution >= 0.6 is 0 Å². The van der Waals surface area contributed by atoms with E-state index in [0.717, 1.165) is 11.8 Å². The predicted molar refractivity (Wildman–Crippen MR) is 57.4 cm³/mol. The number of fused-ring (bicyclic) bond motifs is 1. The molecule has 0 saturated heterocycles. The summed E-state index contributed by atoms with van der Waals surface area (Å²) in [5.41, 5.74) is 3.51. The predicted octanol–water partition coefficient (Wildman–Crippen LogP) is 2.23. The van der Waals surface area contributed by atoms with Gasteiger partial charge in [0.05, 0.1) is 0 Å². The molecule has 0 bridgehead atoms. The molecule has 0 N–H and O–H groups in total. The third-order valence-electron chi connectivity index (χ3n) is 2.67. The lowest BCUT2D eigenvalue weighted by Crippen LogP contribution is -1.91. The molecule has 0 spiro atoms. The summed E-state index contributed by atoms with van der Waals surface area (Å²) in [5.74, 6) is 0. The van der Waals surface area contributed by atoms with Gasteiger partial charge in [0.1, 0.15) is 6.29 Å². The SMILES string of the molecule is Cc1cc2ccc(CC=O)cc2n1C. The molecule has 0 aliphatic heterocycles. The van der Waals surface area contributed by atoms with Crippen LogP contribution in [0.2, 0.25) is 0 Å². The van der Waals surface area contributed by atoms with E-state index < -0.39 is 0 Å². The molecule has 0 saturated carbocycles. The first-order valence-corrected chi connectivity index (χ1v) is 4.71. The molecule has 14 heavy (non-hydrogen) atoms. The fraction of sp³-hybridized carbons (Fsp3) is 0.250. The Bertz CT molecular complexity index is 482. The molecule has 1 aromatic carbocycles. The summed E-state index contributed by atoms with van der Waals surface area (Å²) in [6.07, 6.45) is 1.44. The first kappa shape index (κ1) is 9.00. The van der Waals surface area contributed by atoms with Gasteiger partial charge >= 0.3 is 0 Å². The Kier molecular flexibility index (Phi) is 2.12. The molecule has 0 amide bonds. The van der Waals surface area contributed by atoms with Crippen molar-refractivity contribution in [1.29, 1.82) is 0 Å². The van der Waals surface area contributed by atoms with Gasteiger partial charge in [-0.15, -0.1) is 0 Å². The standard InChI is InChI=1S/C12H13NO/c1-9-7-11-4-3-10(5-6-14)8-12(11)13(9)2/h3-4,6-8H,5H2,1-2H3. The smallest absolute Gasteiger partial charge is 0.124 e. The third kappa shape index (κ3) is 1.33. The molecule has 2 aromatic rings. The topological polar surface area (TPSA) is 22.0 Å². The monoisotopic (exact) mass is 187 g/mol. The zero-order valence-corrected chi connectivity index (χ0v) is 8.45. The zero-order valence-electron chi connectivity index (χ0n) is 8.45. The fourth-order valence-electron chi connectivity index (χ4n) is 1.74. The Morgan fingerprint density at radius 2 is 2.14 bits per heavy atom. The summed E-state index contributed by atoms with van der Waals surface area (Å²) in [6.45, 7) is 2.08. The van der Waals surface area contributed by atoms with Crippen molar-refractivity contribution in [3.05, 3.63) is 35.5 Å². The minimum atomic E-state index is 0.500. The second-order valence-corrected chi connectivity index (χ2v) is 3.61. The van der Waals surface area contributed by atoms with Crippen molar-refractivity contribution < 1.29 is 4.79 Å². The Morgan fingerprint density at radius 3 is 2.86 bits per heavy atom. The highest BCUT2D eigenvalue weighted by Crippen LogP contribution is 2.19. The maximum atomic E-state index is 10.4. The van der Waals surface area contributed by atoms with E-state index in [1.165, 1.54) is 16.6 Å². The van der Waals surface area contributed by atoms with Gasteiger partial charge in [-0.2, -0.15) is 0 Å². The summed E-state index contributed by atoms with van der Waals surface area (Å²) < 4.78 is 2.14. The average Bonchev–Trinajstić information content (AvgIpc) is 2.45. The van der Waals surface area contributed by atoms with E-state index in [0.29, 0.717) is 6.42 Å². The van der Waals surface area contributed by atoms with Crippen LogP contribution in [-0.2, 0) is 18.3 Å². The van der Waals surface area contributed by atoms with Crippen LogP contribution in [-0.4, -0.2) is 10.9 Å². The molecule has 0 atom stereocenters. The van der Waals surface area contributed by atoms with Crippen LogP contribution in [0.3, 0.4) is 0 Å². The third-order valence-corrected chi connectivity index (χ3v) is 2.67. The number of rotatable bonds is 2. The number of aldehydes is 1. The van der Waals surface area contributed by atoms with E-state index in [4.69, 9.17) is 0 Å². The van der Waals surface area contributed by atoms with Gasteiger partial charge in [0.2, 0.25) is 0 Å². The lowest BCUT2D eigenvalue weighted by atomic mass is 10.1. The quantitative estimate of drug-likeness (QED) is 0.661. The van der Waals surface area contributed by atoms with Gasteiger partial charge in [0.25, 0.3) is 0 Å².